The van der Waals surface area contributed by atoms with Crippen LogP contribution in [0.25, 0.3) is 0 Å². The van der Waals surface area contributed by atoms with E-state index in [4.69, 9.17) is 4.74 Å². The van der Waals surface area contributed by atoms with Crippen molar-refractivity contribution in [3.8, 4) is 0 Å². The van der Waals surface area contributed by atoms with E-state index in [9.17, 15) is 13.2 Å². The second-order valence-electron chi connectivity index (χ2n) is 3.43. The molecule has 0 aliphatic heterocycles. The molecule has 1 atom stereocenters. The van der Waals surface area contributed by atoms with E-state index >= 15 is 0 Å². The summed E-state index contributed by atoms with van der Waals surface area (Å²) in [6.07, 6.45) is -4.23. The Labute approximate surface area is 87.9 Å². The molecule has 0 aliphatic rings. The molecule has 0 amide bonds. The fourth-order valence-electron chi connectivity index (χ4n) is 0.957. The third-order valence-electron chi connectivity index (χ3n) is 1.64. The normalized spacial score (nSPS) is 14.2. The zero-order valence-electron chi connectivity index (χ0n) is 9.06. The number of halogens is 3. The van der Waals surface area contributed by atoms with Crippen molar-refractivity contribution >= 4 is 0 Å². The van der Waals surface area contributed by atoms with Gasteiger partial charge in [0.1, 0.15) is 6.61 Å². The van der Waals surface area contributed by atoms with E-state index < -0.39 is 12.8 Å². The highest BCUT2D eigenvalue weighted by Gasteiger charge is 2.27. The average Bonchev–Trinajstić information content (AvgIpc) is 2.10. The number of hydrogen-bond acceptors (Lipinski definition) is 3. The second-order valence-corrected chi connectivity index (χ2v) is 3.43. The summed E-state index contributed by atoms with van der Waals surface area (Å²) < 4.78 is 44.4. The molecule has 1 unspecified atom stereocenters. The number of methoxy groups -OCH3 is 1. The van der Waals surface area contributed by atoms with E-state index in [0.717, 1.165) is 0 Å². The Balaban J connectivity index is 3.29. The first-order valence-electron chi connectivity index (χ1n) is 4.80. The van der Waals surface area contributed by atoms with Crippen LogP contribution in [0.15, 0.2) is 0 Å². The predicted octanol–water partition coefficient (Wildman–Crippen LogP) is 1.44. The fourth-order valence-corrected chi connectivity index (χ4v) is 0.957. The lowest BCUT2D eigenvalue weighted by Gasteiger charge is -2.13. The van der Waals surface area contributed by atoms with Crippen LogP contribution < -0.4 is 5.32 Å². The van der Waals surface area contributed by atoms with Crippen LogP contribution >= 0.6 is 0 Å². The van der Waals surface area contributed by atoms with Crippen molar-refractivity contribution in [2.45, 2.75) is 13.1 Å². The van der Waals surface area contributed by atoms with Crippen LogP contribution in [0.3, 0.4) is 0 Å². The molecule has 0 bridgehead atoms. The van der Waals surface area contributed by atoms with Gasteiger partial charge in [0.05, 0.1) is 13.2 Å². The minimum Gasteiger partial charge on any atom is -0.383 e. The molecule has 0 aromatic heterocycles. The van der Waals surface area contributed by atoms with Gasteiger partial charge in [-0.3, -0.25) is 0 Å². The largest absolute Gasteiger partial charge is 0.411 e. The lowest BCUT2D eigenvalue weighted by molar-refractivity contribution is -0.176. The number of ether oxygens (including phenoxy) is 2. The van der Waals surface area contributed by atoms with Crippen LogP contribution in [0.1, 0.15) is 6.92 Å². The second kappa shape index (κ2) is 7.90. The van der Waals surface area contributed by atoms with Crippen molar-refractivity contribution in [2.24, 2.45) is 5.92 Å². The highest BCUT2D eigenvalue weighted by Crippen LogP contribution is 2.14. The van der Waals surface area contributed by atoms with Crippen LogP contribution in [-0.2, 0) is 9.47 Å². The third kappa shape index (κ3) is 11.6. The first-order chi connectivity index (χ1) is 6.95. The van der Waals surface area contributed by atoms with Gasteiger partial charge in [0.2, 0.25) is 0 Å². The van der Waals surface area contributed by atoms with Crippen molar-refractivity contribution in [2.75, 3.05) is 40.0 Å². The molecule has 0 saturated heterocycles. The van der Waals surface area contributed by atoms with Crippen molar-refractivity contribution < 1.29 is 22.6 Å². The van der Waals surface area contributed by atoms with Crippen LogP contribution in [0, 0.1) is 5.92 Å². The number of alkyl halides is 3. The van der Waals surface area contributed by atoms with Crippen molar-refractivity contribution in [1.82, 2.24) is 5.32 Å². The van der Waals surface area contributed by atoms with Gasteiger partial charge in [0.25, 0.3) is 0 Å². The quantitative estimate of drug-likeness (QED) is 0.639. The van der Waals surface area contributed by atoms with Gasteiger partial charge in [-0.05, 0) is 12.5 Å². The van der Waals surface area contributed by atoms with Crippen molar-refractivity contribution in [1.29, 1.82) is 0 Å². The van der Waals surface area contributed by atoms with Gasteiger partial charge in [-0.1, -0.05) is 6.92 Å². The SMILES string of the molecule is COCCNCC(C)COCC(F)(F)F. The Kier molecular flexibility index (Phi) is 7.72. The molecule has 0 aliphatic carbocycles. The van der Waals surface area contributed by atoms with Gasteiger partial charge in [0.15, 0.2) is 0 Å². The number of nitrogens with one attached hydrogen (secondary N) is 1. The summed E-state index contributed by atoms with van der Waals surface area (Å²) in [5.74, 6) is 0.0595. The Morgan fingerprint density at radius 3 is 2.53 bits per heavy atom. The Morgan fingerprint density at radius 1 is 1.33 bits per heavy atom. The monoisotopic (exact) mass is 229 g/mol. The van der Waals surface area contributed by atoms with E-state index in [1.165, 1.54) is 0 Å². The van der Waals surface area contributed by atoms with Gasteiger partial charge in [-0.15, -0.1) is 0 Å². The predicted molar refractivity (Wildman–Crippen MR) is 50.8 cm³/mol. The highest BCUT2D eigenvalue weighted by atomic mass is 19.4. The number of hydrogen-bond donors (Lipinski definition) is 1. The fraction of sp³-hybridized carbons (Fsp3) is 1.00. The first kappa shape index (κ1) is 14.7. The van der Waals surface area contributed by atoms with E-state index in [2.05, 4.69) is 10.1 Å². The molecule has 1 N–H and O–H groups in total. The summed E-state index contributed by atoms with van der Waals surface area (Å²) >= 11 is 0. The lowest BCUT2D eigenvalue weighted by atomic mass is 10.2. The minimum atomic E-state index is -4.23. The molecule has 92 valence electrons. The van der Waals surface area contributed by atoms with Gasteiger partial charge in [-0.25, -0.2) is 0 Å². The summed E-state index contributed by atoms with van der Waals surface area (Å²) in [5.41, 5.74) is 0. The van der Waals surface area contributed by atoms with Crippen molar-refractivity contribution in [3.05, 3.63) is 0 Å². The molecule has 0 heterocycles. The summed E-state index contributed by atoms with van der Waals surface area (Å²) in [6, 6.07) is 0. The molecule has 0 aromatic rings. The Hall–Kier alpha value is -0.330. The van der Waals surface area contributed by atoms with E-state index in [0.29, 0.717) is 19.7 Å². The van der Waals surface area contributed by atoms with Gasteiger partial charge >= 0.3 is 6.18 Å². The summed E-state index contributed by atoms with van der Waals surface area (Å²) in [4.78, 5) is 0. The smallest absolute Gasteiger partial charge is 0.383 e. The lowest BCUT2D eigenvalue weighted by Crippen LogP contribution is -2.28. The molecular weight excluding hydrogens is 211 g/mol. The van der Waals surface area contributed by atoms with Crippen LogP contribution in [-0.4, -0.2) is 46.2 Å². The molecular formula is C9H18F3NO2. The van der Waals surface area contributed by atoms with E-state index in [1.807, 2.05) is 6.92 Å². The number of rotatable bonds is 8. The van der Waals surface area contributed by atoms with Gasteiger partial charge in [-0.2, -0.15) is 13.2 Å². The summed E-state index contributed by atoms with van der Waals surface area (Å²) in [5, 5.41) is 3.05. The minimum absolute atomic E-state index is 0.0595. The van der Waals surface area contributed by atoms with Crippen LogP contribution in [0.2, 0.25) is 0 Å². The molecule has 6 heteroatoms. The molecule has 3 nitrogen and oxygen atoms in total. The highest BCUT2D eigenvalue weighted by molar-refractivity contribution is 4.56. The molecule has 0 aromatic carbocycles. The zero-order valence-corrected chi connectivity index (χ0v) is 9.06. The maximum atomic E-state index is 11.7. The van der Waals surface area contributed by atoms with Gasteiger partial charge < -0.3 is 14.8 Å². The third-order valence-corrected chi connectivity index (χ3v) is 1.64. The molecule has 0 rings (SSSR count). The standard InChI is InChI=1S/C9H18F3NO2/c1-8(5-13-3-4-14-2)6-15-7-9(10,11)12/h8,13H,3-7H2,1-2H3. The van der Waals surface area contributed by atoms with E-state index in [1.54, 1.807) is 7.11 Å². The summed E-state index contributed by atoms with van der Waals surface area (Å²) in [7, 11) is 1.59. The molecule has 0 radical (unpaired) electrons. The summed E-state index contributed by atoms with van der Waals surface area (Å²) in [6.45, 7) is 2.68. The van der Waals surface area contributed by atoms with Gasteiger partial charge in [0, 0.05) is 13.7 Å². The van der Waals surface area contributed by atoms with Crippen LogP contribution in [0.4, 0.5) is 13.2 Å². The molecule has 15 heavy (non-hydrogen) atoms. The average molecular weight is 229 g/mol. The Bertz CT molecular complexity index is 153. The first-order valence-corrected chi connectivity index (χ1v) is 4.80. The topological polar surface area (TPSA) is 30.5 Å². The molecule has 0 spiro atoms. The van der Waals surface area contributed by atoms with Crippen molar-refractivity contribution in [3.63, 3.8) is 0 Å². The maximum Gasteiger partial charge on any atom is 0.411 e. The maximum absolute atomic E-state index is 11.7. The Morgan fingerprint density at radius 2 is 2.00 bits per heavy atom. The molecule has 0 fully saturated rings. The molecule has 0 saturated carbocycles. The van der Waals surface area contributed by atoms with Crippen LogP contribution in [0.5, 0.6) is 0 Å². The zero-order chi connectivity index (χ0) is 11.7. The van der Waals surface area contributed by atoms with E-state index in [-0.39, 0.29) is 12.5 Å².